The van der Waals surface area contributed by atoms with E-state index in [1.165, 1.54) is 0 Å². The van der Waals surface area contributed by atoms with Crippen molar-refractivity contribution in [2.45, 2.75) is 31.9 Å². The molecule has 24 heavy (non-hydrogen) atoms. The topological polar surface area (TPSA) is 73.5 Å². The van der Waals surface area contributed by atoms with E-state index in [1.54, 1.807) is 6.20 Å². The van der Waals surface area contributed by atoms with Crippen LogP contribution in [0.2, 0.25) is 0 Å². The van der Waals surface area contributed by atoms with Crippen molar-refractivity contribution < 1.29 is 9.53 Å². The van der Waals surface area contributed by atoms with Gasteiger partial charge >= 0.3 is 0 Å². The van der Waals surface area contributed by atoms with Crippen LogP contribution in [0.15, 0.2) is 43.0 Å². The van der Waals surface area contributed by atoms with E-state index in [9.17, 15) is 4.79 Å². The molecule has 0 bridgehead atoms. The van der Waals surface area contributed by atoms with Gasteiger partial charge in [-0.25, -0.2) is 4.98 Å². The third-order valence-corrected chi connectivity index (χ3v) is 4.09. The summed E-state index contributed by atoms with van der Waals surface area (Å²) in [5.74, 6) is -0.102. The molecule has 1 fully saturated rings. The summed E-state index contributed by atoms with van der Waals surface area (Å²) in [5, 5.41) is 7.14. The monoisotopic (exact) mass is 325 g/mol. The Bertz CT molecular complexity index is 814. The van der Waals surface area contributed by atoms with Crippen LogP contribution < -0.4 is 5.32 Å². The first kappa shape index (κ1) is 14.9. The normalized spacial score (nSPS) is 17.4. The van der Waals surface area contributed by atoms with Gasteiger partial charge in [-0.1, -0.05) is 6.07 Å². The second kappa shape index (κ2) is 6.45. The number of rotatable bonds is 5. The zero-order valence-corrected chi connectivity index (χ0v) is 13.3. The van der Waals surface area contributed by atoms with Crippen molar-refractivity contribution in [2.24, 2.45) is 0 Å². The lowest BCUT2D eigenvalue weighted by Gasteiger charge is -2.08. The fourth-order valence-corrected chi connectivity index (χ4v) is 2.97. The van der Waals surface area contributed by atoms with Gasteiger partial charge in [0.1, 0.15) is 5.65 Å². The van der Waals surface area contributed by atoms with Gasteiger partial charge in [0, 0.05) is 25.2 Å². The lowest BCUT2D eigenvalue weighted by atomic mass is 10.2. The predicted molar refractivity (Wildman–Crippen MR) is 88.7 cm³/mol. The molecule has 1 N–H and O–H groups in total. The van der Waals surface area contributed by atoms with E-state index in [0.29, 0.717) is 5.69 Å². The molecule has 0 radical (unpaired) electrons. The van der Waals surface area contributed by atoms with E-state index in [-0.39, 0.29) is 18.4 Å². The SMILES string of the molecule is O=C(Cc1cn2ccccc2n1)Nc1cnn(CC2CCCO2)c1. The second-order valence-corrected chi connectivity index (χ2v) is 6.01. The number of nitrogens with one attached hydrogen (secondary N) is 1. The summed E-state index contributed by atoms with van der Waals surface area (Å²) >= 11 is 0. The molecule has 0 saturated carbocycles. The Hall–Kier alpha value is -2.67. The minimum absolute atomic E-state index is 0.102. The van der Waals surface area contributed by atoms with Gasteiger partial charge in [-0.2, -0.15) is 5.10 Å². The number of hydrogen-bond donors (Lipinski definition) is 1. The second-order valence-electron chi connectivity index (χ2n) is 6.01. The van der Waals surface area contributed by atoms with Crippen LogP contribution in [0, 0.1) is 0 Å². The van der Waals surface area contributed by atoms with Crippen LogP contribution >= 0.6 is 0 Å². The Morgan fingerprint density at radius 1 is 1.38 bits per heavy atom. The number of pyridine rings is 1. The summed E-state index contributed by atoms with van der Waals surface area (Å²) in [6.07, 6.45) is 9.92. The van der Waals surface area contributed by atoms with E-state index in [4.69, 9.17) is 4.74 Å². The van der Waals surface area contributed by atoms with Gasteiger partial charge in [0.25, 0.3) is 0 Å². The molecule has 1 saturated heterocycles. The minimum atomic E-state index is -0.102. The molecule has 7 nitrogen and oxygen atoms in total. The third-order valence-electron chi connectivity index (χ3n) is 4.09. The van der Waals surface area contributed by atoms with Crippen molar-refractivity contribution in [3.05, 3.63) is 48.7 Å². The van der Waals surface area contributed by atoms with Crippen LogP contribution in [0.4, 0.5) is 5.69 Å². The van der Waals surface area contributed by atoms with Gasteiger partial charge in [0.2, 0.25) is 5.91 Å². The van der Waals surface area contributed by atoms with Crippen molar-refractivity contribution in [2.75, 3.05) is 11.9 Å². The summed E-state index contributed by atoms with van der Waals surface area (Å²) in [4.78, 5) is 16.6. The third kappa shape index (κ3) is 3.30. The quantitative estimate of drug-likeness (QED) is 0.777. The number of anilines is 1. The van der Waals surface area contributed by atoms with Crippen LogP contribution in [0.25, 0.3) is 5.65 Å². The zero-order chi connectivity index (χ0) is 16.4. The van der Waals surface area contributed by atoms with Gasteiger partial charge in [0.05, 0.1) is 36.6 Å². The van der Waals surface area contributed by atoms with E-state index < -0.39 is 0 Å². The summed E-state index contributed by atoms with van der Waals surface area (Å²) < 4.78 is 9.32. The molecular weight excluding hydrogens is 306 g/mol. The molecular formula is C17H19N5O2. The maximum absolute atomic E-state index is 12.2. The standard InChI is InChI=1S/C17H19N5O2/c23-17(8-13-10-21-6-2-1-5-16(21)19-13)20-14-9-18-22(11-14)12-15-4-3-7-24-15/h1-2,5-6,9-11,15H,3-4,7-8,12H2,(H,20,23). The number of carbonyl (C=O) groups is 1. The summed E-state index contributed by atoms with van der Waals surface area (Å²) in [7, 11) is 0. The largest absolute Gasteiger partial charge is 0.376 e. The van der Waals surface area contributed by atoms with E-state index in [0.717, 1.165) is 37.3 Å². The number of fused-ring (bicyclic) bond motifs is 1. The number of hydrogen-bond acceptors (Lipinski definition) is 4. The number of amides is 1. The van der Waals surface area contributed by atoms with Gasteiger partial charge in [0.15, 0.2) is 0 Å². The van der Waals surface area contributed by atoms with Crippen molar-refractivity contribution >= 4 is 17.2 Å². The number of carbonyl (C=O) groups excluding carboxylic acids is 1. The maximum Gasteiger partial charge on any atom is 0.230 e. The van der Waals surface area contributed by atoms with Crippen LogP contribution in [-0.4, -0.2) is 37.8 Å². The highest BCUT2D eigenvalue weighted by molar-refractivity contribution is 5.91. The predicted octanol–water partition coefficient (Wildman–Crippen LogP) is 1.89. The molecule has 7 heteroatoms. The Morgan fingerprint density at radius 2 is 2.33 bits per heavy atom. The van der Waals surface area contributed by atoms with Crippen molar-refractivity contribution in [1.29, 1.82) is 0 Å². The molecule has 124 valence electrons. The molecule has 1 aliphatic heterocycles. The molecule has 1 atom stereocenters. The Labute approximate surface area is 139 Å². The molecule has 1 unspecified atom stereocenters. The smallest absolute Gasteiger partial charge is 0.230 e. The average Bonchev–Trinajstić information content (AvgIpc) is 3.28. The molecule has 0 aliphatic carbocycles. The van der Waals surface area contributed by atoms with Gasteiger partial charge in [-0.15, -0.1) is 0 Å². The van der Waals surface area contributed by atoms with Gasteiger partial charge in [-0.3, -0.25) is 9.48 Å². The van der Waals surface area contributed by atoms with Crippen molar-refractivity contribution in [1.82, 2.24) is 19.2 Å². The van der Waals surface area contributed by atoms with Crippen LogP contribution in [0.5, 0.6) is 0 Å². The number of imidazole rings is 1. The van der Waals surface area contributed by atoms with Crippen molar-refractivity contribution in [3.8, 4) is 0 Å². The first-order valence-corrected chi connectivity index (χ1v) is 8.13. The summed E-state index contributed by atoms with van der Waals surface area (Å²) in [6, 6.07) is 5.77. The summed E-state index contributed by atoms with van der Waals surface area (Å²) in [5.41, 5.74) is 2.27. The van der Waals surface area contributed by atoms with Gasteiger partial charge in [-0.05, 0) is 25.0 Å². The Morgan fingerprint density at radius 3 is 3.17 bits per heavy atom. The lowest BCUT2D eigenvalue weighted by molar-refractivity contribution is -0.115. The molecule has 4 rings (SSSR count). The fraction of sp³-hybridized carbons (Fsp3) is 0.353. The van der Waals surface area contributed by atoms with Crippen LogP contribution in [0.1, 0.15) is 18.5 Å². The minimum Gasteiger partial charge on any atom is -0.376 e. The highest BCUT2D eigenvalue weighted by atomic mass is 16.5. The Kier molecular flexibility index (Phi) is 4.00. The first-order valence-electron chi connectivity index (χ1n) is 8.13. The van der Waals surface area contributed by atoms with E-state index in [1.807, 2.05) is 45.9 Å². The molecule has 3 aromatic rings. The molecule has 0 aromatic carbocycles. The van der Waals surface area contributed by atoms with Crippen molar-refractivity contribution in [3.63, 3.8) is 0 Å². The van der Waals surface area contributed by atoms with E-state index >= 15 is 0 Å². The number of aromatic nitrogens is 4. The molecule has 0 spiro atoms. The molecule has 1 aliphatic rings. The zero-order valence-electron chi connectivity index (χ0n) is 13.3. The number of ether oxygens (including phenoxy) is 1. The van der Waals surface area contributed by atoms with E-state index in [2.05, 4.69) is 15.4 Å². The van der Waals surface area contributed by atoms with Crippen LogP contribution in [0.3, 0.4) is 0 Å². The molecule has 3 aromatic heterocycles. The average molecular weight is 325 g/mol. The highest BCUT2D eigenvalue weighted by Gasteiger charge is 2.16. The fourth-order valence-electron chi connectivity index (χ4n) is 2.97. The molecule has 1 amide bonds. The van der Waals surface area contributed by atoms with Crippen LogP contribution in [-0.2, 0) is 22.5 Å². The lowest BCUT2D eigenvalue weighted by Crippen LogP contribution is -2.16. The maximum atomic E-state index is 12.2. The molecule has 4 heterocycles. The first-order chi connectivity index (χ1) is 11.8. The van der Waals surface area contributed by atoms with Gasteiger partial charge < -0.3 is 14.5 Å². The Balaban J connectivity index is 1.36. The number of nitrogens with zero attached hydrogens (tertiary/aromatic N) is 4. The highest BCUT2D eigenvalue weighted by Crippen LogP contribution is 2.15. The summed E-state index contributed by atoms with van der Waals surface area (Å²) in [6.45, 7) is 1.55.